The van der Waals surface area contributed by atoms with Crippen LogP contribution >= 0.6 is 11.3 Å². The van der Waals surface area contributed by atoms with Gasteiger partial charge in [0.25, 0.3) is 5.91 Å². The van der Waals surface area contributed by atoms with Gasteiger partial charge in [-0.15, -0.1) is 11.3 Å². The largest absolute Gasteiger partial charge is 0.397 e. The van der Waals surface area contributed by atoms with E-state index < -0.39 is 9.84 Å². The Morgan fingerprint density at radius 1 is 1.45 bits per heavy atom. The normalized spacial score (nSPS) is 18.6. The Hall–Kier alpha value is -1.28. The summed E-state index contributed by atoms with van der Waals surface area (Å²) >= 11 is 1.30. The van der Waals surface area contributed by atoms with Gasteiger partial charge in [0.2, 0.25) is 0 Å². The fourth-order valence-electron chi connectivity index (χ4n) is 2.13. The molecule has 20 heavy (non-hydrogen) atoms. The van der Waals surface area contributed by atoms with Gasteiger partial charge in [-0.05, 0) is 25.8 Å². The number of thiophene rings is 1. The van der Waals surface area contributed by atoms with Gasteiger partial charge < -0.3 is 16.4 Å². The second kappa shape index (κ2) is 6.01. The Balaban J connectivity index is 2.01. The highest BCUT2D eigenvalue weighted by Gasteiger charge is 2.24. The van der Waals surface area contributed by atoms with E-state index in [1.54, 1.807) is 6.07 Å². The Labute approximate surface area is 122 Å². The highest BCUT2D eigenvalue weighted by atomic mass is 32.2. The minimum Gasteiger partial charge on any atom is -0.397 e. The first-order chi connectivity index (χ1) is 9.41. The van der Waals surface area contributed by atoms with Gasteiger partial charge in [-0.2, -0.15) is 0 Å². The third-order valence-corrected chi connectivity index (χ3v) is 6.00. The van der Waals surface area contributed by atoms with Crippen molar-refractivity contribution in [3.05, 3.63) is 10.9 Å². The third-order valence-electron chi connectivity index (χ3n) is 3.21. The summed E-state index contributed by atoms with van der Waals surface area (Å²) in [5.74, 6) is 0.262. The molecule has 0 spiro atoms. The molecule has 0 saturated carbocycles. The molecule has 1 aromatic heterocycles. The van der Waals surface area contributed by atoms with Crippen LogP contribution in [0.15, 0.2) is 6.07 Å². The zero-order valence-electron chi connectivity index (χ0n) is 11.3. The predicted octanol–water partition coefficient (Wildman–Crippen LogP) is 1.07. The molecule has 1 fully saturated rings. The minimum absolute atomic E-state index is 0.124. The van der Waals surface area contributed by atoms with Crippen LogP contribution in [0.2, 0.25) is 0 Å². The lowest BCUT2D eigenvalue weighted by molar-refractivity contribution is 0.0960. The second-order valence-corrected chi connectivity index (χ2v) is 8.18. The maximum absolute atomic E-state index is 11.8. The average Bonchev–Trinajstić information content (AvgIpc) is 2.73. The molecule has 0 atom stereocenters. The molecule has 0 bridgehead atoms. The summed E-state index contributed by atoms with van der Waals surface area (Å²) in [4.78, 5) is 12.3. The maximum Gasteiger partial charge on any atom is 0.263 e. The van der Waals surface area contributed by atoms with E-state index >= 15 is 0 Å². The van der Waals surface area contributed by atoms with Crippen LogP contribution in [0.5, 0.6) is 0 Å². The second-order valence-electron chi connectivity index (χ2n) is 4.83. The zero-order valence-corrected chi connectivity index (χ0v) is 12.9. The van der Waals surface area contributed by atoms with Crippen LogP contribution in [-0.2, 0) is 9.84 Å². The van der Waals surface area contributed by atoms with Gasteiger partial charge in [0.1, 0.15) is 14.7 Å². The number of nitrogens with one attached hydrogen (secondary N) is 2. The van der Waals surface area contributed by atoms with Gasteiger partial charge >= 0.3 is 0 Å². The first kappa shape index (κ1) is 15.1. The SMILES string of the molecule is CCNC(=O)c1sc(NC2CCS(=O)(=O)CC2)cc1N. The van der Waals surface area contributed by atoms with Gasteiger partial charge in [0, 0.05) is 12.6 Å². The average molecular weight is 317 g/mol. The molecule has 6 nitrogen and oxygen atoms in total. The quantitative estimate of drug-likeness (QED) is 0.771. The van der Waals surface area contributed by atoms with E-state index in [9.17, 15) is 13.2 Å². The Morgan fingerprint density at radius 2 is 2.10 bits per heavy atom. The molecule has 4 N–H and O–H groups in total. The van der Waals surface area contributed by atoms with E-state index in [0.29, 0.717) is 30.0 Å². The van der Waals surface area contributed by atoms with E-state index in [1.165, 1.54) is 11.3 Å². The van der Waals surface area contributed by atoms with Crippen LogP contribution in [0, 0.1) is 0 Å². The molecule has 1 amide bonds. The molecular formula is C12H19N3O3S2. The predicted molar refractivity (Wildman–Crippen MR) is 82.0 cm³/mol. The number of rotatable bonds is 4. The number of carbonyl (C=O) groups is 1. The van der Waals surface area contributed by atoms with E-state index in [0.717, 1.165) is 5.00 Å². The molecule has 1 aliphatic heterocycles. The molecule has 0 aromatic carbocycles. The molecule has 1 aliphatic rings. The van der Waals surface area contributed by atoms with Gasteiger partial charge in [0.05, 0.1) is 22.2 Å². The number of hydrogen-bond donors (Lipinski definition) is 3. The molecule has 1 aromatic rings. The van der Waals surface area contributed by atoms with Crippen LogP contribution in [-0.4, -0.2) is 38.4 Å². The van der Waals surface area contributed by atoms with Crippen molar-refractivity contribution < 1.29 is 13.2 Å². The van der Waals surface area contributed by atoms with Gasteiger partial charge in [0.15, 0.2) is 0 Å². The molecule has 0 unspecified atom stereocenters. The summed E-state index contributed by atoms with van der Waals surface area (Å²) in [6.07, 6.45) is 1.19. The fraction of sp³-hybridized carbons (Fsp3) is 0.583. The summed E-state index contributed by atoms with van der Waals surface area (Å²) in [5, 5.41) is 6.80. The molecule has 0 aliphatic carbocycles. The van der Waals surface area contributed by atoms with E-state index in [1.807, 2.05) is 6.92 Å². The van der Waals surface area contributed by atoms with E-state index in [2.05, 4.69) is 10.6 Å². The standard InChI is InChI=1S/C12H19N3O3S2/c1-2-14-12(16)11-9(13)7-10(19-11)15-8-3-5-20(17,18)6-4-8/h7-8,15H,2-6,13H2,1H3,(H,14,16). The summed E-state index contributed by atoms with van der Waals surface area (Å²) in [7, 11) is -2.86. The van der Waals surface area contributed by atoms with Crippen molar-refractivity contribution in [2.24, 2.45) is 0 Å². The van der Waals surface area contributed by atoms with Crippen LogP contribution in [0.1, 0.15) is 29.4 Å². The molecule has 112 valence electrons. The van der Waals surface area contributed by atoms with Crippen molar-refractivity contribution in [2.75, 3.05) is 29.1 Å². The molecule has 8 heteroatoms. The summed E-state index contributed by atoms with van der Waals surface area (Å²) < 4.78 is 22.7. The minimum atomic E-state index is -2.86. The molecule has 2 heterocycles. The van der Waals surface area contributed by atoms with Gasteiger partial charge in [-0.25, -0.2) is 8.42 Å². The lowest BCUT2D eigenvalue weighted by atomic mass is 10.1. The van der Waals surface area contributed by atoms with Crippen molar-refractivity contribution >= 4 is 37.8 Å². The molecule has 0 radical (unpaired) electrons. The van der Waals surface area contributed by atoms with Crippen LogP contribution in [0.3, 0.4) is 0 Å². The number of carbonyl (C=O) groups excluding carboxylic acids is 1. The first-order valence-corrected chi connectivity index (χ1v) is 9.19. The number of hydrogen-bond acceptors (Lipinski definition) is 6. The van der Waals surface area contributed by atoms with Crippen molar-refractivity contribution in [3.63, 3.8) is 0 Å². The Bertz CT molecular complexity index is 581. The summed E-state index contributed by atoms with van der Waals surface area (Å²) in [6.45, 7) is 2.41. The summed E-state index contributed by atoms with van der Waals surface area (Å²) in [6, 6.07) is 1.86. The lowest BCUT2D eigenvalue weighted by Gasteiger charge is -2.23. The Morgan fingerprint density at radius 3 is 2.70 bits per heavy atom. The third kappa shape index (κ3) is 3.63. The smallest absolute Gasteiger partial charge is 0.263 e. The van der Waals surface area contributed by atoms with Crippen molar-refractivity contribution in [2.45, 2.75) is 25.8 Å². The number of anilines is 2. The first-order valence-electron chi connectivity index (χ1n) is 6.55. The molecule has 1 saturated heterocycles. The maximum atomic E-state index is 11.8. The molecule has 2 rings (SSSR count). The van der Waals surface area contributed by atoms with E-state index in [-0.39, 0.29) is 23.5 Å². The number of sulfone groups is 1. The lowest BCUT2D eigenvalue weighted by Crippen LogP contribution is -2.31. The monoisotopic (exact) mass is 317 g/mol. The Kier molecular flexibility index (Phi) is 4.54. The van der Waals surface area contributed by atoms with Crippen molar-refractivity contribution in [1.82, 2.24) is 5.32 Å². The number of nitrogen functional groups attached to an aromatic ring is 1. The van der Waals surface area contributed by atoms with Crippen molar-refractivity contribution in [1.29, 1.82) is 0 Å². The van der Waals surface area contributed by atoms with Gasteiger partial charge in [-0.1, -0.05) is 0 Å². The highest BCUT2D eigenvalue weighted by Crippen LogP contribution is 2.30. The summed E-state index contributed by atoms with van der Waals surface area (Å²) in [5.41, 5.74) is 6.29. The van der Waals surface area contributed by atoms with Gasteiger partial charge in [-0.3, -0.25) is 4.79 Å². The number of nitrogens with two attached hydrogens (primary N) is 1. The van der Waals surface area contributed by atoms with Crippen LogP contribution in [0.25, 0.3) is 0 Å². The van der Waals surface area contributed by atoms with Crippen molar-refractivity contribution in [3.8, 4) is 0 Å². The zero-order chi connectivity index (χ0) is 14.8. The fourth-order valence-corrected chi connectivity index (χ4v) is 4.59. The van der Waals surface area contributed by atoms with Crippen LogP contribution < -0.4 is 16.4 Å². The number of amides is 1. The topological polar surface area (TPSA) is 101 Å². The van der Waals surface area contributed by atoms with E-state index in [4.69, 9.17) is 5.73 Å². The highest BCUT2D eigenvalue weighted by molar-refractivity contribution is 7.91. The molecular weight excluding hydrogens is 298 g/mol. The van der Waals surface area contributed by atoms with Crippen LogP contribution in [0.4, 0.5) is 10.7 Å².